The molecule has 0 aliphatic carbocycles. The minimum atomic E-state index is -3.65. The molecule has 2 rings (SSSR count). The average Bonchev–Trinajstić information content (AvgIpc) is 2.64. The Labute approximate surface area is 130 Å². The van der Waals surface area contributed by atoms with Crippen LogP contribution in [0.1, 0.15) is 31.1 Å². The number of benzene rings is 1. The summed E-state index contributed by atoms with van der Waals surface area (Å²) in [5.41, 5.74) is 0.548. The van der Waals surface area contributed by atoms with Gasteiger partial charge in [0.05, 0.1) is 17.4 Å². The number of nitrogens with zero attached hydrogens (tertiary/aromatic N) is 1. The molecule has 1 atom stereocenters. The van der Waals surface area contributed by atoms with Crippen LogP contribution in [0.5, 0.6) is 0 Å². The molecule has 0 aromatic heterocycles. The lowest BCUT2D eigenvalue weighted by molar-refractivity contribution is -0.119. The molecular weight excluding hydrogens is 304 g/mol. The summed E-state index contributed by atoms with van der Waals surface area (Å²) in [5.74, 6) is -1.19. The predicted octanol–water partition coefficient (Wildman–Crippen LogP) is 1.38. The molecule has 1 N–H and O–H groups in total. The quantitative estimate of drug-likeness (QED) is 0.907. The first-order chi connectivity index (χ1) is 10.2. The van der Waals surface area contributed by atoms with Gasteiger partial charge in [0.25, 0.3) is 5.91 Å². The van der Waals surface area contributed by atoms with Crippen LogP contribution in [0.25, 0.3) is 0 Å². The molecule has 1 aliphatic rings. The van der Waals surface area contributed by atoms with Crippen LogP contribution in [0.15, 0.2) is 24.3 Å². The summed E-state index contributed by atoms with van der Waals surface area (Å²) in [6, 6.07) is 6.12. The van der Waals surface area contributed by atoms with Gasteiger partial charge in [0.2, 0.25) is 15.9 Å². The molecule has 0 radical (unpaired) electrons. The second-order valence-corrected chi connectivity index (χ2v) is 7.80. The first-order valence-electron chi connectivity index (χ1n) is 7.17. The predicted molar refractivity (Wildman–Crippen MR) is 84.1 cm³/mol. The van der Waals surface area contributed by atoms with Crippen molar-refractivity contribution in [3.8, 4) is 0 Å². The third-order valence-corrected chi connectivity index (χ3v) is 5.24. The van der Waals surface area contributed by atoms with Gasteiger partial charge in [0, 0.05) is 12.1 Å². The zero-order valence-electron chi connectivity index (χ0n) is 12.9. The number of nitrogens with one attached hydrogen (secondary N) is 1. The van der Waals surface area contributed by atoms with Crippen molar-refractivity contribution < 1.29 is 18.0 Å². The molecule has 1 heterocycles. The van der Waals surface area contributed by atoms with Crippen LogP contribution < -0.4 is 9.62 Å². The highest BCUT2D eigenvalue weighted by atomic mass is 32.2. The van der Waals surface area contributed by atoms with Gasteiger partial charge in [0.1, 0.15) is 0 Å². The highest BCUT2D eigenvalue weighted by Gasteiger charge is 2.42. The molecular formula is C15H20N2O4S. The molecule has 0 spiro atoms. The second kappa shape index (κ2) is 6.08. The molecule has 22 heavy (non-hydrogen) atoms. The van der Waals surface area contributed by atoms with Gasteiger partial charge in [-0.25, -0.2) is 12.7 Å². The summed E-state index contributed by atoms with van der Waals surface area (Å²) in [7, 11) is -3.65. The van der Waals surface area contributed by atoms with Crippen LogP contribution in [-0.4, -0.2) is 32.5 Å². The molecule has 1 saturated heterocycles. The maximum Gasteiger partial charge on any atom is 0.251 e. The van der Waals surface area contributed by atoms with Gasteiger partial charge < -0.3 is 5.32 Å². The van der Waals surface area contributed by atoms with Crippen LogP contribution in [0.2, 0.25) is 0 Å². The molecule has 7 heteroatoms. The van der Waals surface area contributed by atoms with E-state index in [2.05, 4.69) is 5.32 Å². The zero-order chi connectivity index (χ0) is 16.5. The SMILES string of the molecule is CC(C)CNC(=O)c1cccc(N2C(=O)[C@H](C)CS2(=O)=O)c1. The third-order valence-electron chi connectivity index (χ3n) is 3.37. The summed E-state index contributed by atoms with van der Waals surface area (Å²) in [6.45, 7) is 6.07. The van der Waals surface area contributed by atoms with E-state index >= 15 is 0 Å². The van der Waals surface area contributed by atoms with Crippen molar-refractivity contribution in [3.63, 3.8) is 0 Å². The van der Waals surface area contributed by atoms with E-state index < -0.39 is 21.8 Å². The maximum absolute atomic E-state index is 12.1. The largest absolute Gasteiger partial charge is 0.352 e. The molecule has 0 bridgehead atoms. The van der Waals surface area contributed by atoms with E-state index in [4.69, 9.17) is 0 Å². The molecule has 6 nitrogen and oxygen atoms in total. The van der Waals surface area contributed by atoms with Crippen molar-refractivity contribution in [2.75, 3.05) is 16.6 Å². The molecule has 1 fully saturated rings. The highest BCUT2D eigenvalue weighted by molar-refractivity contribution is 7.94. The Balaban J connectivity index is 2.29. The van der Waals surface area contributed by atoms with Gasteiger partial charge in [-0.2, -0.15) is 0 Å². The summed E-state index contributed by atoms with van der Waals surface area (Å²) >= 11 is 0. The van der Waals surface area contributed by atoms with Crippen LogP contribution in [0.3, 0.4) is 0 Å². The number of rotatable bonds is 4. The lowest BCUT2D eigenvalue weighted by atomic mass is 10.1. The van der Waals surface area contributed by atoms with E-state index in [1.807, 2.05) is 13.8 Å². The maximum atomic E-state index is 12.1. The normalized spacial score (nSPS) is 20.5. The molecule has 2 amide bonds. The summed E-state index contributed by atoms with van der Waals surface area (Å²) < 4.78 is 25.0. The third kappa shape index (κ3) is 3.30. The molecule has 0 unspecified atom stereocenters. The zero-order valence-corrected chi connectivity index (χ0v) is 13.7. The Morgan fingerprint density at radius 3 is 2.64 bits per heavy atom. The van der Waals surface area contributed by atoms with Crippen LogP contribution in [0.4, 0.5) is 5.69 Å². The first kappa shape index (κ1) is 16.5. The van der Waals surface area contributed by atoms with E-state index in [9.17, 15) is 18.0 Å². The molecule has 120 valence electrons. The van der Waals surface area contributed by atoms with Crippen molar-refractivity contribution in [2.45, 2.75) is 20.8 Å². The second-order valence-electron chi connectivity index (χ2n) is 5.94. The Kier molecular flexibility index (Phi) is 4.55. The van der Waals surface area contributed by atoms with Crippen LogP contribution in [0, 0.1) is 11.8 Å². The van der Waals surface area contributed by atoms with E-state index in [1.54, 1.807) is 19.1 Å². The number of hydrogen-bond acceptors (Lipinski definition) is 4. The van der Waals surface area contributed by atoms with Gasteiger partial charge in [-0.05, 0) is 24.1 Å². The van der Waals surface area contributed by atoms with E-state index in [1.165, 1.54) is 12.1 Å². The van der Waals surface area contributed by atoms with Crippen LogP contribution >= 0.6 is 0 Å². The van der Waals surface area contributed by atoms with E-state index in [-0.39, 0.29) is 17.3 Å². The molecule has 1 aromatic rings. The number of carbonyl (C=O) groups is 2. The monoisotopic (exact) mass is 324 g/mol. The van der Waals surface area contributed by atoms with E-state index in [0.717, 1.165) is 4.31 Å². The fraction of sp³-hybridized carbons (Fsp3) is 0.467. The Morgan fingerprint density at radius 1 is 1.41 bits per heavy atom. The summed E-state index contributed by atoms with van der Waals surface area (Å²) in [4.78, 5) is 24.1. The van der Waals surface area contributed by atoms with E-state index in [0.29, 0.717) is 18.0 Å². The number of anilines is 1. The standard InChI is InChI=1S/C15H20N2O4S/c1-10(2)8-16-14(18)12-5-4-6-13(7-12)17-15(19)11(3)9-22(17,20)21/h4-7,10-11H,8-9H2,1-3H3,(H,16,18)/t11-/m1/s1. The van der Waals surface area contributed by atoms with Gasteiger partial charge >= 0.3 is 0 Å². The molecule has 1 aliphatic heterocycles. The van der Waals surface area contributed by atoms with Gasteiger partial charge in [-0.1, -0.05) is 26.8 Å². The Bertz CT molecular complexity index is 697. The minimum absolute atomic E-state index is 0.199. The fourth-order valence-corrected chi connectivity index (χ4v) is 4.07. The topological polar surface area (TPSA) is 83.6 Å². The van der Waals surface area contributed by atoms with Gasteiger partial charge in [-0.3, -0.25) is 9.59 Å². The van der Waals surface area contributed by atoms with Crippen molar-refractivity contribution >= 4 is 27.5 Å². The smallest absolute Gasteiger partial charge is 0.251 e. The number of carbonyl (C=O) groups excluding carboxylic acids is 2. The van der Waals surface area contributed by atoms with Crippen molar-refractivity contribution in [3.05, 3.63) is 29.8 Å². The minimum Gasteiger partial charge on any atom is -0.352 e. The lowest BCUT2D eigenvalue weighted by Gasteiger charge is -2.16. The lowest BCUT2D eigenvalue weighted by Crippen LogP contribution is -2.31. The van der Waals surface area contributed by atoms with Crippen molar-refractivity contribution in [2.24, 2.45) is 11.8 Å². The number of amides is 2. The summed E-state index contributed by atoms with van der Waals surface area (Å²) in [6.07, 6.45) is 0. The van der Waals surface area contributed by atoms with Gasteiger partial charge in [0.15, 0.2) is 0 Å². The van der Waals surface area contributed by atoms with Gasteiger partial charge in [-0.15, -0.1) is 0 Å². The Morgan fingerprint density at radius 2 is 2.09 bits per heavy atom. The van der Waals surface area contributed by atoms with Crippen LogP contribution in [-0.2, 0) is 14.8 Å². The number of hydrogen-bond donors (Lipinski definition) is 1. The highest BCUT2D eigenvalue weighted by Crippen LogP contribution is 2.28. The average molecular weight is 324 g/mol. The van der Waals surface area contributed by atoms with Crippen molar-refractivity contribution in [1.29, 1.82) is 0 Å². The number of sulfonamides is 1. The fourth-order valence-electron chi connectivity index (χ4n) is 2.26. The Hall–Kier alpha value is -1.89. The van der Waals surface area contributed by atoms with Crippen molar-refractivity contribution in [1.82, 2.24) is 5.32 Å². The molecule has 1 aromatic carbocycles. The first-order valence-corrected chi connectivity index (χ1v) is 8.78. The molecule has 0 saturated carbocycles. The summed E-state index contributed by atoms with van der Waals surface area (Å²) in [5, 5.41) is 2.77.